The van der Waals surface area contributed by atoms with E-state index in [1.54, 1.807) is 17.6 Å². The van der Waals surface area contributed by atoms with Gasteiger partial charge in [0.25, 0.3) is 0 Å². The van der Waals surface area contributed by atoms with E-state index in [9.17, 15) is 4.79 Å². The molecule has 0 atom stereocenters. The van der Waals surface area contributed by atoms with Crippen molar-refractivity contribution >= 4 is 50.6 Å². The molecule has 0 radical (unpaired) electrons. The summed E-state index contributed by atoms with van der Waals surface area (Å²) in [5.74, 6) is 1.47. The molecule has 1 aliphatic heterocycles. The van der Waals surface area contributed by atoms with Gasteiger partial charge in [-0.2, -0.15) is 0 Å². The van der Waals surface area contributed by atoms with Crippen molar-refractivity contribution in [3.8, 4) is 11.5 Å². The first-order valence-corrected chi connectivity index (χ1v) is 8.66. The number of thioether (sulfide) groups is 1. The lowest BCUT2D eigenvalue weighted by Gasteiger charge is -2.20. The zero-order valence-corrected chi connectivity index (χ0v) is 13.9. The molecule has 0 saturated carbocycles. The van der Waals surface area contributed by atoms with Crippen LogP contribution in [0.5, 0.6) is 11.5 Å². The van der Waals surface area contributed by atoms with Crippen LogP contribution >= 0.6 is 39.0 Å². The summed E-state index contributed by atoms with van der Waals surface area (Å²) in [6, 6.07) is 3.55. The molecule has 2 aromatic rings. The molecule has 1 N–H and O–H groups in total. The van der Waals surface area contributed by atoms with Crippen LogP contribution in [0.4, 0.5) is 5.69 Å². The third kappa shape index (κ3) is 3.66. The number of rotatable bonds is 4. The number of ether oxygens (including phenoxy) is 2. The molecule has 0 fully saturated rings. The molecule has 1 amide bonds. The van der Waals surface area contributed by atoms with E-state index >= 15 is 0 Å². The van der Waals surface area contributed by atoms with Gasteiger partial charge in [0.2, 0.25) is 5.91 Å². The highest BCUT2D eigenvalue weighted by Gasteiger charge is 2.16. The van der Waals surface area contributed by atoms with Gasteiger partial charge in [0.1, 0.15) is 18.7 Å². The van der Waals surface area contributed by atoms with Crippen molar-refractivity contribution < 1.29 is 14.3 Å². The summed E-state index contributed by atoms with van der Waals surface area (Å²) in [5, 5.41) is 10.4. The van der Waals surface area contributed by atoms with Crippen LogP contribution in [-0.4, -0.2) is 35.1 Å². The van der Waals surface area contributed by atoms with Crippen LogP contribution in [0.25, 0.3) is 0 Å². The van der Waals surface area contributed by atoms with Crippen LogP contribution in [0.3, 0.4) is 0 Å². The highest BCUT2D eigenvalue weighted by Crippen LogP contribution is 2.38. The van der Waals surface area contributed by atoms with Gasteiger partial charge in [-0.3, -0.25) is 4.79 Å². The van der Waals surface area contributed by atoms with Gasteiger partial charge in [0.05, 0.1) is 11.4 Å². The molecule has 0 spiro atoms. The second kappa shape index (κ2) is 6.63. The van der Waals surface area contributed by atoms with Crippen LogP contribution in [-0.2, 0) is 4.79 Å². The van der Waals surface area contributed by atoms with E-state index in [4.69, 9.17) is 9.47 Å². The first kappa shape index (κ1) is 14.6. The van der Waals surface area contributed by atoms with E-state index in [-0.39, 0.29) is 11.7 Å². The molecule has 21 heavy (non-hydrogen) atoms. The van der Waals surface area contributed by atoms with Crippen LogP contribution < -0.4 is 14.8 Å². The number of carbonyl (C=O) groups excluding carboxylic acids is 1. The van der Waals surface area contributed by atoms with Gasteiger partial charge in [-0.25, -0.2) is 0 Å². The number of benzene rings is 1. The topological polar surface area (TPSA) is 73.3 Å². The number of nitrogens with zero attached hydrogens (tertiary/aromatic N) is 2. The normalized spacial score (nSPS) is 13.0. The summed E-state index contributed by atoms with van der Waals surface area (Å²) in [6.07, 6.45) is 0. The van der Waals surface area contributed by atoms with E-state index in [0.29, 0.717) is 30.4 Å². The molecule has 2 heterocycles. The molecule has 1 aromatic heterocycles. The summed E-state index contributed by atoms with van der Waals surface area (Å²) in [6.45, 7) is 1.04. The lowest BCUT2D eigenvalue weighted by atomic mass is 10.2. The van der Waals surface area contributed by atoms with Crippen LogP contribution in [0.1, 0.15) is 0 Å². The van der Waals surface area contributed by atoms with Gasteiger partial charge in [-0.15, -0.1) is 10.2 Å². The third-order valence-corrected chi connectivity index (χ3v) is 5.09. The predicted molar refractivity (Wildman–Crippen MR) is 84.4 cm³/mol. The van der Waals surface area contributed by atoms with Gasteiger partial charge >= 0.3 is 0 Å². The maximum Gasteiger partial charge on any atom is 0.234 e. The van der Waals surface area contributed by atoms with E-state index in [0.717, 1.165) is 8.81 Å². The minimum Gasteiger partial charge on any atom is -0.486 e. The standard InChI is InChI=1S/C12H10BrN3O3S2/c13-7-3-9-10(19-2-1-18-9)4-8(7)15-11(17)5-20-12-16-14-6-21-12/h3-4,6H,1-2,5H2,(H,15,17). The van der Waals surface area contributed by atoms with Gasteiger partial charge in [-0.1, -0.05) is 23.1 Å². The number of hydrogen-bond acceptors (Lipinski definition) is 7. The zero-order valence-electron chi connectivity index (χ0n) is 10.7. The summed E-state index contributed by atoms with van der Waals surface area (Å²) in [5.41, 5.74) is 2.29. The van der Waals surface area contributed by atoms with Crippen molar-refractivity contribution in [2.75, 3.05) is 24.3 Å². The zero-order chi connectivity index (χ0) is 14.7. The molecule has 1 aliphatic rings. The van der Waals surface area contributed by atoms with Crippen molar-refractivity contribution in [1.29, 1.82) is 0 Å². The highest BCUT2D eigenvalue weighted by molar-refractivity contribution is 9.10. The quantitative estimate of drug-likeness (QED) is 0.813. The van der Waals surface area contributed by atoms with E-state index in [2.05, 4.69) is 31.4 Å². The summed E-state index contributed by atoms with van der Waals surface area (Å²) in [7, 11) is 0. The Morgan fingerprint density at radius 3 is 2.86 bits per heavy atom. The Balaban J connectivity index is 1.65. The SMILES string of the molecule is O=C(CSc1nncs1)Nc1cc2c(cc1Br)OCCO2. The molecule has 0 saturated heterocycles. The fourth-order valence-corrected chi connectivity index (χ4v) is 3.41. The second-order valence-electron chi connectivity index (χ2n) is 4.02. The maximum absolute atomic E-state index is 12.0. The fourth-order valence-electron chi connectivity index (χ4n) is 1.70. The molecule has 0 aliphatic carbocycles. The first-order chi connectivity index (χ1) is 10.2. The molecular weight excluding hydrogens is 378 g/mol. The smallest absolute Gasteiger partial charge is 0.234 e. The van der Waals surface area contributed by atoms with Crippen molar-refractivity contribution in [2.24, 2.45) is 0 Å². The first-order valence-electron chi connectivity index (χ1n) is 6.00. The van der Waals surface area contributed by atoms with Gasteiger partial charge in [0, 0.05) is 16.6 Å². The monoisotopic (exact) mass is 387 g/mol. The lowest BCUT2D eigenvalue weighted by Crippen LogP contribution is -2.17. The van der Waals surface area contributed by atoms with Gasteiger partial charge in [-0.05, 0) is 15.9 Å². The van der Waals surface area contributed by atoms with Crippen LogP contribution in [0, 0.1) is 0 Å². The molecule has 9 heteroatoms. The number of aromatic nitrogens is 2. The molecule has 0 bridgehead atoms. The molecule has 110 valence electrons. The number of anilines is 1. The van der Waals surface area contributed by atoms with Crippen molar-refractivity contribution in [3.63, 3.8) is 0 Å². The summed E-state index contributed by atoms with van der Waals surface area (Å²) < 4.78 is 12.5. The maximum atomic E-state index is 12.0. The highest BCUT2D eigenvalue weighted by atomic mass is 79.9. The Morgan fingerprint density at radius 1 is 1.38 bits per heavy atom. The number of fused-ring (bicyclic) bond motifs is 1. The van der Waals surface area contributed by atoms with E-state index in [1.807, 2.05) is 0 Å². The Kier molecular flexibility index (Phi) is 4.61. The Bertz CT molecular complexity index is 651. The molecule has 0 unspecified atom stereocenters. The number of amides is 1. The van der Waals surface area contributed by atoms with E-state index < -0.39 is 0 Å². The Hall–Kier alpha value is -1.32. The largest absolute Gasteiger partial charge is 0.486 e. The minimum atomic E-state index is -0.118. The second-order valence-corrected chi connectivity index (χ2v) is 6.93. The Labute approximate surface area is 137 Å². The fraction of sp³-hybridized carbons (Fsp3) is 0.250. The number of hydrogen-bond donors (Lipinski definition) is 1. The van der Waals surface area contributed by atoms with Crippen LogP contribution in [0.15, 0.2) is 26.5 Å². The van der Waals surface area contributed by atoms with Gasteiger partial charge in [0.15, 0.2) is 15.8 Å². The van der Waals surface area contributed by atoms with Crippen molar-refractivity contribution in [3.05, 3.63) is 22.1 Å². The predicted octanol–water partition coefficient (Wildman–Crippen LogP) is 2.80. The van der Waals surface area contributed by atoms with E-state index in [1.165, 1.54) is 23.1 Å². The Morgan fingerprint density at radius 2 is 2.14 bits per heavy atom. The third-order valence-electron chi connectivity index (χ3n) is 2.57. The lowest BCUT2D eigenvalue weighted by molar-refractivity contribution is -0.113. The molecule has 6 nitrogen and oxygen atoms in total. The number of nitrogens with one attached hydrogen (secondary N) is 1. The molecule has 3 rings (SSSR count). The molecule has 1 aromatic carbocycles. The van der Waals surface area contributed by atoms with Crippen LogP contribution in [0.2, 0.25) is 0 Å². The minimum absolute atomic E-state index is 0.118. The molecular formula is C12H10BrN3O3S2. The van der Waals surface area contributed by atoms with Crippen molar-refractivity contribution in [1.82, 2.24) is 10.2 Å². The average Bonchev–Trinajstić information content (AvgIpc) is 2.99. The van der Waals surface area contributed by atoms with Crippen molar-refractivity contribution in [2.45, 2.75) is 4.34 Å². The number of halogens is 1. The summed E-state index contributed by atoms with van der Waals surface area (Å²) >= 11 is 6.17. The summed E-state index contributed by atoms with van der Waals surface area (Å²) in [4.78, 5) is 12.0. The average molecular weight is 388 g/mol. The van der Waals surface area contributed by atoms with Gasteiger partial charge < -0.3 is 14.8 Å². The number of carbonyl (C=O) groups is 1.